The molecule has 0 saturated carbocycles. The Bertz CT molecular complexity index is 290. The fourth-order valence-corrected chi connectivity index (χ4v) is 3.18. The van der Waals surface area contributed by atoms with Crippen LogP contribution >= 0.6 is 0 Å². The second-order valence-corrected chi connectivity index (χ2v) is 5.86. The SMILES string of the molecule is NC1CCN(CC(=O)N2CCCC2CCCO)CC1. The number of hydrogen-bond acceptors (Lipinski definition) is 4. The molecular weight excluding hydrogens is 242 g/mol. The number of amides is 1. The zero-order chi connectivity index (χ0) is 13.7. The normalized spacial score (nSPS) is 26.0. The van der Waals surface area contributed by atoms with Gasteiger partial charge in [-0.25, -0.2) is 0 Å². The van der Waals surface area contributed by atoms with Crippen molar-refractivity contribution in [2.75, 3.05) is 32.8 Å². The Labute approximate surface area is 115 Å². The van der Waals surface area contributed by atoms with E-state index in [0.29, 0.717) is 18.6 Å². The van der Waals surface area contributed by atoms with Crippen molar-refractivity contribution in [1.82, 2.24) is 9.80 Å². The molecule has 1 atom stereocenters. The van der Waals surface area contributed by atoms with Crippen molar-refractivity contribution in [2.24, 2.45) is 5.73 Å². The third kappa shape index (κ3) is 4.16. The van der Waals surface area contributed by atoms with E-state index in [1.807, 2.05) is 4.90 Å². The van der Waals surface area contributed by atoms with E-state index in [9.17, 15) is 4.79 Å². The fraction of sp³-hybridized carbons (Fsp3) is 0.929. The van der Waals surface area contributed by atoms with Gasteiger partial charge in [-0.2, -0.15) is 0 Å². The summed E-state index contributed by atoms with van der Waals surface area (Å²) in [5.41, 5.74) is 5.88. The van der Waals surface area contributed by atoms with Crippen LogP contribution in [0.5, 0.6) is 0 Å². The molecule has 19 heavy (non-hydrogen) atoms. The second-order valence-electron chi connectivity index (χ2n) is 5.86. The molecule has 5 nitrogen and oxygen atoms in total. The molecule has 1 unspecified atom stereocenters. The lowest BCUT2D eigenvalue weighted by atomic mass is 10.1. The van der Waals surface area contributed by atoms with Crippen molar-refractivity contribution in [3.8, 4) is 0 Å². The number of rotatable bonds is 5. The van der Waals surface area contributed by atoms with E-state index in [4.69, 9.17) is 10.8 Å². The Morgan fingerprint density at radius 1 is 1.21 bits per heavy atom. The van der Waals surface area contributed by atoms with Crippen LogP contribution < -0.4 is 5.73 Å². The summed E-state index contributed by atoms with van der Waals surface area (Å²) in [4.78, 5) is 16.6. The van der Waals surface area contributed by atoms with Gasteiger partial charge in [0.25, 0.3) is 0 Å². The summed E-state index contributed by atoms with van der Waals surface area (Å²) < 4.78 is 0. The number of carbonyl (C=O) groups is 1. The third-order valence-electron chi connectivity index (χ3n) is 4.38. The molecule has 1 amide bonds. The number of aliphatic hydroxyl groups excluding tert-OH is 1. The van der Waals surface area contributed by atoms with Crippen molar-refractivity contribution < 1.29 is 9.90 Å². The van der Waals surface area contributed by atoms with E-state index in [-0.39, 0.29) is 12.5 Å². The second kappa shape index (κ2) is 7.22. The highest BCUT2D eigenvalue weighted by Crippen LogP contribution is 2.22. The van der Waals surface area contributed by atoms with Crippen molar-refractivity contribution in [2.45, 2.75) is 50.6 Å². The lowest BCUT2D eigenvalue weighted by Crippen LogP contribution is -2.46. The Kier molecular flexibility index (Phi) is 5.60. The van der Waals surface area contributed by atoms with Gasteiger partial charge in [-0.1, -0.05) is 0 Å². The number of piperidine rings is 1. The van der Waals surface area contributed by atoms with Crippen molar-refractivity contribution in [3.63, 3.8) is 0 Å². The van der Waals surface area contributed by atoms with Crippen LogP contribution in [0.4, 0.5) is 0 Å². The number of likely N-dealkylation sites (tertiary alicyclic amines) is 2. The van der Waals surface area contributed by atoms with Gasteiger partial charge in [0, 0.05) is 38.3 Å². The highest BCUT2D eigenvalue weighted by Gasteiger charge is 2.29. The minimum absolute atomic E-state index is 0.225. The highest BCUT2D eigenvalue weighted by atomic mass is 16.3. The molecule has 0 radical (unpaired) electrons. The summed E-state index contributed by atoms with van der Waals surface area (Å²) in [5.74, 6) is 0.260. The first-order valence-corrected chi connectivity index (χ1v) is 7.59. The third-order valence-corrected chi connectivity index (χ3v) is 4.38. The first kappa shape index (κ1) is 14.8. The van der Waals surface area contributed by atoms with Crippen LogP contribution in [0.1, 0.15) is 38.5 Å². The average molecular weight is 269 g/mol. The molecule has 2 heterocycles. The summed E-state index contributed by atoms with van der Waals surface area (Å²) in [6.45, 7) is 3.55. The number of nitrogens with zero attached hydrogens (tertiary/aromatic N) is 2. The lowest BCUT2D eigenvalue weighted by molar-refractivity contribution is -0.133. The van der Waals surface area contributed by atoms with Gasteiger partial charge in [0.05, 0.1) is 6.54 Å². The summed E-state index contributed by atoms with van der Waals surface area (Å²) in [6, 6.07) is 0.669. The molecule has 2 fully saturated rings. The van der Waals surface area contributed by atoms with Crippen LogP contribution in [-0.4, -0.2) is 65.7 Å². The van der Waals surface area contributed by atoms with Crippen LogP contribution in [0.25, 0.3) is 0 Å². The van der Waals surface area contributed by atoms with Crippen molar-refractivity contribution in [3.05, 3.63) is 0 Å². The van der Waals surface area contributed by atoms with E-state index >= 15 is 0 Å². The van der Waals surface area contributed by atoms with E-state index in [0.717, 1.165) is 58.2 Å². The molecule has 2 rings (SSSR count). The van der Waals surface area contributed by atoms with Gasteiger partial charge in [-0.05, 0) is 38.5 Å². The predicted octanol–water partition coefficient (Wildman–Crippen LogP) is 0.173. The Balaban J connectivity index is 1.78. The van der Waals surface area contributed by atoms with Gasteiger partial charge in [-0.3, -0.25) is 9.69 Å². The lowest BCUT2D eigenvalue weighted by Gasteiger charge is -2.32. The van der Waals surface area contributed by atoms with Crippen LogP contribution in [-0.2, 0) is 4.79 Å². The number of hydrogen-bond donors (Lipinski definition) is 2. The predicted molar refractivity (Wildman–Crippen MR) is 74.7 cm³/mol. The molecule has 0 aliphatic carbocycles. The van der Waals surface area contributed by atoms with E-state index < -0.39 is 0 Å². The molecule has 110 valence electrons. The van der Waals surface area contributed by atoms with Gasteiger partial charge < -0.3 is 15.7 Å². The Hall–Kier alpha value is -0.650. The zero-order valence-corrected chi connectivity index (χ0v) is 11.8. The standard InChI is InChI=1S/C14H27N3O2/c15-12-5-8-16(9-6-12)11-14(19)17-7-1-3-13(17)4-2-10-18/h12-13,18H,1-11,15H2. The molecule has 5 heteroatoms. The number of carbonyl (C=O) groups excluding carboxylic acids is 1. The van der Waals surface area contributed by atoms with Gasteiger partial charge in [0.1, 0.15) is 0 Å². The molecular formula is C14H27N3O2. The minimum Gasteiger partial charge on any atom is -0.396 e. The maximum absolute atomic E-state index is 12.4. The zero-order valence-electron chi connectivity index (χ0n) is 11.8. The van der Waals surface area contributed by atoms with Crippen LogP contribution in [0.15, 0.2) is 0 Å². The van der Waals surface area contributed by atoms with Crippen LogP contribution in [0.3, 0.4) is 0 Å². The number of aliphatic hydroxyl groups is 1. The summed E-state index contributed by atoms with van der Waals surface area (Å²) in [5, 5.41) is 8.91. The molecule has 0 aromatic rings. The number of nitrogens with two attached hydrogens (primary N) is 1. The highest BCUT2D eigenvalue weighted by molar-refractivity contribution is 5.78. The molecule has 3 N–H and O–H groups in total. The molecule has 2 aliphatic rings. The van der Waals surface area contributed by atoms with Gasteiger partial charge in [0.15, 0.2) is 0 Å². The largest absolute Gasteiger partial charge is 0.396 e. The molecule has 0 aromatic carbocycles. The van der Waals surface area contributed by atoms with Gasteiger partial charge in [0.2, 0.25) is 5.91 Å². The van der Waals surface area contributed by atoms with Gasteiger partial charge in [-0.15, -0.1) is 0 Å². The maximum atomic E-state index is 12.4. The summed E-state index contributed by atoms with van der Waals surface area (Å²) in [6.07, 6.45) is 5.94. The molecule has 0 bridgehead atoms. The van der Waals surface area contributed by atoms with Crippen molar-refractivity contribution in [1.29, 1.82) is 0 Å². The van der Waals surface area contributed by atoms with Crippen LogP contribution in [0, 0.1) is 0 Å². The maximum Gasteiger partial charge on any atom is 0.236 e. The molecule has 0 spiro atoms. The molecule has 2 saturated heterocycles. The molecule has 0 aromatic heterocycles. The van der Waals surface area contributed by atoms with Crippen molar-refractivity contribution >= 4 is 5.91 Å². The average Bonchev–Trinajstić information content (AvgIpc) is 2.87. The smallest absolute Gasteiger partial charge is 0.236 e. The van der Waals surface area contributed by atoms with E-state index in [1.165, 1.54) is 0 Å². The quantitative estimate of drug-likeness (QED) is 0.746. The van der Waals surface area contributed by atoms with E-state index in [1.54, 1.807) is 0 Å². The summed E-state index contributed by atoms with van der Waals surface area (Å²) in [7, 11) is 0. The monoisotopic (exact) mass is 269 g/mol. The summed E-state index contributed by atoms with van der Waals surface area (Å²) >= 11 is 0. The van der Waals surface area contributed by atoms with Crippen LogP contribution in [0.2, 0.25) is 0 Å². The van der Waals surface area contributed by atoms with Gasteiger partial charge >= 0.3 is 0 Å². The minimum atomic E-state index is 0.225. The Morgan fingerprint density at radius 3 is 2.63 bits per heavy atom. The first-order valence-electron chi connectivity index (χ1n) is 7.59. The first-order chi connectivity index (χ1) is 9.20. The van der Waals surface area contributed by atoms with E-state index in [2.05, 4.69) is 4.90 Å². The Morgan fingerprint density at radius 2 is 1.95 bits per heavy atom. The molecule has 2 aliphatic heterocycles. The fourth-order valence-electron chi connectivity index (χ4n) is 3.18. The topological polar surface area (TPSA) is 69.8 Å².